The highest BCUT2D eigenvalue weighted by molar-refractivity contribution is 6.04. The Bertz CT molecular complexity index is 1210. The molecule has 4 rings (SSSR count). The lowest BCUT2D eigenvalue weighted by Crippen LogP contribution is -2.11. The number of hydrogen-bond donors (Lipinski definition) is 2. The highest BCUT2D eigenvalue weighted by Crippen LogP contribution is 2.26. The van der Waals surface area contributed by atoms with E-state index >= 15 is 0 Å². The summed E-state index contributed by atoms with van der Waals surface area (Å²) in [6.45, 7) is 2.28. The smallest absolute Gasteiger partial charge is 0.255 e. The molecule has 0 radical (unpaired) electrons. The number of carbonyl (C=O) groups excluding carboxylic acids is 1. The van der Waals surface area contributed by atoms with Crippen LogP contribution in [-0.2, 0) is 0 Å². The molecule has 1 amide bonds. The van der Waals surface area contributed by atoms with Crippen molar-refractivity contribution in [3.8, 4) is 17.1 Å². The molecule has 0 atom stereocenters. The molecule has 150 valence electrons. The Hall–Kier alpha value is -4.07. The van der Waals surface area contributed by atoms with Crippen LogP contribution in [0.25, 0.3) is 22.3 Å². The summed E-state index contributed by atoms with van der Waals surface area (Å²) in [4.78, 5) is 25.3. The Labute approximate surface area is 171 Å². The molecule has 0 aliphatic rings. The predicted molar refractivity (Wildman–Crippen MR) is 113 cm³/mol. The van der Waals surface area contributed by atoms with Gasteiger partial charge in [-0.25, -0.2) is 14.4 Å². The van der Waals surface area contributed by atoms with Crippen molar-refractivity contribution in [3.63, 3.8) is 0 Å². The van der Waals surface area contributed by atoms with Crippen molar-refractivity contribution in [1.82, 2.24) is 15.0 Å². The quantitative estimate of drug-likeness (QED) is 0.521. The number of amides is 1. The summed E-state index contributed by atoms with van der Waals surface area (Å²) in [6.07, 6.45) is 0. The number of anilines is 2. The molecule has 8 heteroatoms. The van der Waals surface area contributed by atoms with E-state index in [1.54, 1.807) is 30.3 Å². The fourth-order valence-corrected chi connectivity index (χ4v) is 2.93. The molecular formula is C22H18FN5O2. The van der Waals surface area contributed by atoms with E-state index < -0.39 is 0 Å². The minimum Gasteiger partial charge on any atom is -0.476 e. The van der Waals surface area contributed by atoms with Crippen molar-refractivity contribution >= 4 is 28.6 Å². The largest absolute Gasteiger partial charge is 0.476 e. The maximum Gasteiger partial charge on any atom is 0.255 e. The van der Waals surface area contributed by atoms with Crippen molar-refractivity contribution < 1.29 is 13.9 Å². The molecule has 7 nitrogen and oxygen atoms in total. The molecule has 2 aromatic carbocycles. The van der Waals surface area contributed by atoms with Crippen LogP contribution < -0.4 is 15.8 Å². The first kappa shape index (κ1) is 19.3. The average molecular weight is 403 g/mol. The van der Waals surface area contributed by atoms with Gasteiger partial charge in [0.05, 0.1) is 17.8 Å². The first-order chi connectivity index (χ1) is 14.5. The number of pyridine rings is 1. The first-order valence-electron chi connectivity index (χ1n) is 9.28. The molecule has 0 saturated carbocycles. The number of nitrogens with one attached hydrogen (secondary N) is 1. The van der Waals surface area contributed by atoms with Gasteiger partial charge < -0.3 is 15.8 Å². The lowest BCUT2D eigenvalue weighted by molar-refractivity contribution is 0.102. The number of nitrogen functional groups attached to an aromatic ring is 1. The zero-order chi connectivity index (χ0) is 21.1. The number of aromatic nitrogens is 3. The van der Waals surface area contributed by atoms with Crippen LogP contribution in [0.5, 0.6) is 5.88 Å². The standard InChI is InChI=1S/C22H18FN5O2/c1-2-30-21-19-18(27-22(24)28-21)12-11-17(26-19)13-3-5-14(6-4-13)20(29)25-16-9-7-15(23)8-10-16/h3-12H,2H2,1H3,(H,25,29)(H2,24,27,28). The van der Waals surface area contributed by atoms with Gasteiger partial charge >= 0.3 is 0 Å². The monoisotopic (exact) mass is 403 g/mol. The third kappa shape index (κ3) is 4.02. The van der Waals surface area contributed by atoms with E-state index in [1.165, 1.54) is 24.3 Å². The van der Waals surface area contributed by atoms with Crippen LogP contribution >= 0.6 is 0 Å². The Morgan fingerprint density at radius 2 is 1.73 bits per heavy atom. The summed E-state index contributed by atoms with van der Waals surface area (Å²) in [7, 11) is 0. The van der Waals surface area contributed by atoms with Crippen LogP contribution in [0.2, 0.25) is 0 Å². The van der Waals surface area contributed by atoms with Crippen molar-refractivity contribution in [2.24, 2.45) is 0 Å². The van der Waals surface area contributed by atoms with Crippen molar-refractivity contribution in [2.75, 3.05) is 17.7 Å². The van der Waals surface area contributed by atoms with Gasteiger partial charge in [0.2, 0.25) is 11.8 Å². The van der Waals surface area contributed by atoms with Gasteiger partial charge in [-0.3, -0.25) is 4.79 Å². The van der Waals surface area contributed by atoms with Crippen LogP contribution in [0, 0.1) is 5.82 Å². The second-order valence-electron chi connectivity index (χ2n) is 6.42. The number of carbonyl (C=O) groups is 1. The molecule has 2 aromatic heterocycles. The normalized spacial score (nSPS) is 10.7. The third-order valence-electron chi connectivity index (χ3n) is 4.35. The van der Waals surface area contributed by atoms with Gasteiger partial charge in [-0.1, -0.05) is 12.1 Å². The van der Waals surface area contributed by atoms with Gasteiger partial charge in [-0.05, 0) is 55.5 Å². The molecule has 0 spiro atoms. The van der Waals surface area contributed by atoms with E-state index in [2.05, 4.69) is 20.3 Å². The lowest BCUT2D eigenvalue weighted by Gasteiger charge is -2.09. The molecule has 0 bridgehead atoms. The van der Waals surface area contributed by atoms with E-state index in [-0.39, 0.29) is 17.7 Å². The van der Waals surface area contributed by atoms with Crippen LogP contribution in [0.3, 0.4) is 0 Å². The molecule has 0 aliphatic heterocycles. The molecule has 2 heterocycles. The maximum absolute atomic E-state index is 13.0. The Balaban J connectivity index is 1.59. The highest BCUT2D eigenvalue weighted by atomic mass is 19.1. The fourth-order valence-electron chi connectivity index (χ4n) is 2.93. The molecule has 3 N–H and O–H groups in total. The first-order valence-corrected chi connectivity index (χ1v) is 9.28. The van der Waals surface area contributed by atoms with Gasteiger partial charge in [0.15, 0.2) is 5.52 Å². The van der Waals surface area contributed by atoms with Gasteiger partial charge in [0.25, 0.3) is 5.91 Å². The molecule has 30 heavy (non-hydrogen) atoms. The van der Waals surface area contributed by atoms with Gasteiger partial charge in [0, 0.05) is 16.8 Å². The molecular weight excluding hydrogens is 385 g/mol. The average Bonchev–Trinajstić information content (AvgIpc) is 2.75. The van der Waals surface area contributed by atoms with Crippen LogP contribution in [0.15, 0.2) is 60.7 Å². The number of nitrogens with zero attached hydrogens (tertiary/aromatic N) is 3. The zero-order valence-electron chi connectivity index (χ0n) is 16.1. The summed E-state index contributed by atoms with van der Waals surface area (Å²) < 4.78 is 18.5. The maximum atomic E-state index is 13.0. The third-order valence-corrected chi connectivity index (χ3v) is 4.35. The summed E-state index contributed by atoms with van der Waals surface area (Å²) in [5, 5.41) is 2.73. The highest BCUT2D eigenvalue weighted by Gasteiger charge is 2.12. The van der Waals surface area contributed by atoms with Crippen LogP contribution in [0.1, 0.15) is 17.3 Å². The van der Waals surface area contributed by atoms with E-state index in [9.17, 15) is 9.18 Å². The van der Waals surface area contributed by atoms with E-state index in [4.69, 9.17) is 10.5 Å². The minimum absolute atomic E-state index is 0.122. The topological polar surface area (TPSA) is 103 Å². The van der Waals surface area contributed by atoms with Gasteiger partial charge in [-0.15, -0.1) is 0 Å². The van der Waals surface area contributed by atoms with Gasteiger partial charge in [-0.2, -0.15) is 4.98 Å². The van der Waals surface area contributed by atoms with E-state index in [0.717, 1.165) is 5.56 Å². The Morgan fingerprint density at radius 3 is 2.43 bits per heavy atom. The minimum atomic E-state index is -0.360. The number of nitrogens with two attached hydrogens (primary N) is 1. The van der Waals surface area contributed by atoms with Gasteiger partial charge in [0.1, 0.15) is 5.82 Å². The lowest BCUT2D eigenvalue weighted by atomic mass is 10.1. The van der Waals surface area contributed by atoms with Crippen LogP contribution in [-0.4, -0.2) is 27.5 Å². The number of halogens is 1. The molecule has 0 fully saturated rings. The number of rotatable bonds is 5. The zero-order valence-corrected chi connectivity index (χ0v) is 16.1. The molecule has 4 aromatic rings. The molecule has 0 aliphatic carbocycles. The van der Waals surface area contributed by atoms with E-state index in [1.807, 2.05) is 13.0 Å². The summed E-state index contributed by atoms with van der Waals surface area (Å²) in [6, 6.07) is 16.2. The predicted octanol–water partition coefficient (Wildman–Crippen LogP) is 4.06. The second-order valence-corrected chi connectivity index (χ2v) is 6.42. The molecule has 0 saturated heterocycles. The van der Waals surface area contributed by atoms with E-state index in [0.29, 0.717) is 40.5 Å². The van der Waals surface area contributed by atoms with Crippen molar-refractivity contribution in [3.05, 3.63) is 72.0 Å². The fraction of sp³-hybridized carbons (Fsp3) is 0.0909. The number of ether oxygens (including phenoxy) is 1. The molecule has 0 unspecified atom stereocenters. The number of hydrogen-bond acceptors (Lipinski definition) is 6. The second kappa shape index (κ2) is 8.12. The number of fused-ring (bicyclic) bond motifs is 1. The summed E-state index contributed by atoms with van der Waals surface area (Å²) >= 11 is 0. The Kier molecular flexibility index (Phi) is 5.21. The summed E-state index contributed by atoms with van der Waals surface area (Å²) in [5.74, 6) is -0.197. The van der Waals surface area contributed by atoms with Crippen LogP contribution in [0.4, 0.5) is 16.0 Å². The Morgan fingerprint density at radius 1 is 1.00 bits per heavy atom. The van der Waals surface area contributed by atoms with Crippen molar-refractivity contribution in [1.29, 1.82) is 0 Å². The SMILES string of the molecule is CCOc1nc(N)nc2ccc(-c3ccc(C(=O)Nc4ccc(F)cc4)cc3)nc12. The summed E-state index contributed by atoms with van der Waals surface area (Å²) in [5.41, 5.74) is 9.31. The number of benzene rings is 2. The van der Waals surface area contributed by atoms with Crippen molar-refractivity contribution in [2.45, 2.75) is 6.92 Å².